The van der Waals surface area contributed by atoms with Gasteiger partial charge in [0.1, 0.15) is 0 Å². The second-order valence-corrected chi connectivity index (χ2v) is 3.34. The molecule has 0 atom stereocenters. The largest absolute Gasteiger partial charge is 0.381 e. The first-order chi connectivity index (χ1) is 5.95. The van der Waals surface area contributed by atoms with Gasteiger partial charge in [0.25, 0.3) is 0 Å². The highest BCUT2D eigenvalue weighted by Gasteiger charge is 2.14. The van der Waals surface area contributed by atoms with Gasteiger partial charge in [0.15, 0.2) is 0 Å². The fourth-order valence-corrected chi connectivity index (χ4v) is 1.66. The van der Waals surface area contributed by atoms with Crippen LogP contribution >= 0.6 is 0 Å². The van der Waals surface area contributed by atoms with Crippen molar-refractivity contribution in [2.24, 2.45) is 5.92 Å². The third-order valence-corrected chi connectivity index (χ3v) is 2.40. The van der Waals surface area contributed by atoms with Crippen LogP contribution in [0.2, 0.25) is 0 Å². The van der Waals surface area contributed by atoms with Gasteiger partial charge in [-0.15, -0.1) is 0 Å². The van der Waals surface area contributed by atoms with Crippen molar-refractivity contribution in [2.45, 2.75) is 19.3 Å². The summed E-state index contributed by atoms with van der Waals surface area (Å²) in [6.07, 6.45) is 7.17. The Morgan fingerprint density at radius 1 is 1.50 bits per heavy atom. The Kier molecular flexibility index (Phi) is 2.42. The van der Waals surface area contributed by atoms with Crippen molar-refractivity contribution >= 4 is 0 Å². The zero-order valence-electron chi connectivity index (χ0n) is 7.12. The van der Waals surface area contributed by atoms with Gasteiger partial charge in [0.2, 0.25) is 0 Å². The van der Waals surface area contributed by atoms with Crippen molar-refractivity contribution in [3.63, 3.8) is 0 Å². The van der Waals surface area contributed by atoms with E-state index >= 15 is 0 Å². The van der Waals surface area contributed by atoms with Crippen molar-refractivity contribution in [2.75, 3.05) is 13.2 Å². The SMILES string of the molecule is c1ncc(CC2CCOCC2)[nH]1. The predicted octanol–water partition coefficient (Wildman–Crippen LogP) is 1.38. The van der Waals surface area contributed by atoms with E-state index in [0.717, 1.165) is 25.6 Å². The Morgan fingerprint density at radius 2 is 2.33 bits per heavy atom. The first-order valence-corrected chi connectivity index (χ1v) is 4.50. The summed E-state index contributed by atoms with van der Waals surface area (Å²) in [5.41, 5.74) is 1.25. The van der Waals surface area contributed by atoms with Crippen LogP contribution in [0.5, 0.6) is 0 Å². The summed E-state index contributed by atoms with van der Waals surface area (Å²) in [6, 6.07) is 0. The third-order valence-electron chi connectivity index (χ3n) is 2.40. The molecule has 1 aliphatic heterocycles. The van der Waals surface area contributed by atoms with E-state index in [2.05, 4.69) is 9.97 Å². The lowest BCUT2D eigenvalue weighted by atomic mass is 9.95. The van der Waals surface area contributed by atoms with Crippen LogP contribution in [0.1, 0.15) is 18.5 Å². The van der Waals surface area contributed by atoms with Crippen LogP contribution in [0.25, 0.3) is 0 Å². The standard InChI is InChI=1S/C9H14N2O/c1-3-12-4-2-8(1)5-9-6-10-7-11-9/h6-8H,1-5H2,(H,10,11). The monoisotopic (exact) mass is 166 g/mol. The van der Waals surface area contributed by atoms with Crippen LogP contribution in [0, 0.1) is 5.92 Å². The molecule has 1 fully saturated rings. The van der Waals surface area contributed by atoms with Crippen molar-refractivity contribution < 1.29 is 4.74 Å². The Bertz CT molecular complexity index is 214. The van der Waals surface area contributed by atoms with Crippen LogP contribution < -0.4 is 0 Å². The fraction of sp³-hybridized carbons (Fsp3) is 0.667. The average Bonchev–Trinajstić information content (AvgIpc) is 2.59. The van der Waals surface area contributed by atoms with Gasteiger partial charge in [-0.25, -0.2) is 4.98 Å². The number of aromatic nitrogens is 2. The van der Waals surface area contributed by atoms with Crippen LogP contribution in [-0.2, 0) is 11.2 Å². The molecule has 1 aromatic heterocycles. The number of rotatable bonds is 2. The van der Waals surface area contributed by atoms with Crippen molar-refractivity contribution in [3.8, 4) is 0 Å². The lowest BCUT2D eigenvalue weighted by Gasteiger charge is -2.20. The molecule has 0 amide bonds. The summed E-state index contributed by atoms with van der Waals surface area (Å²) in [5.74, 6) is 0.791. The molecule has 2 heterocycles. The highest BCUT2D eigenvalue weighted by Crippen LogP contribution is 2.18. The second kappa shape index (κ2) is 3.72. The number of imidazole rings is 1. The second-order valence-electron chi connectivity index (χ2n) is 3.34. The summed E-state index contributed by atoms with van der Waals surface area (Å²) in [5, 5.41) is 0. The Labute approximate surface area is 72.2 Å². The maximum Gasteiger partial charge on any atom is 0.0921 e. The van der Waals surface area contributed by atoms with Crippen molar-refractivity contribution in [3.05, 3.63) is 18.2 Å². The minimum absolute atomic E-state index is 0.791. The van der Waals surface area contributed by atoms with Crippen LogP contribution in [0.4, 0.5) is 0 Å². The molecular weight excluding hydrogens is 152 g/mol. The number of H-pyrrole nitrogens is 1. The van der Waals surface area contributed by atoms with Gasteiger partial charge in [0.05, 0.1) is 6.33 Å². The molecule has 0 aromatic carbocycles. The van der Waals surface area contributed by atoms with E-state index in [-0.39, 0.29) is 0 Å². The Morgan fingerprint density at radius 3 is 3.00 bits per heavy atom. The van der Waals surface area contributed by atoms with E-state index in [1.165, 1.54) is 18.5 Å². The van der Waals surface area contributed by atoms with E-state index in [0.29, 0.717) is 0 Å². The molecule has 66 valence electrons. The summed E-state index contributed by atoms with van der Waals surface area (Å²) >= 11 is 0. The number of ether oxygens (including phenoxy) is 1. The minimum atomic E-state index is 0.791. The lowest BCUT2D eigenvalue weighted by molar-refractivity contribution is 0.0663. The van der Waals surface area contributed by atoms with E-state index < -0.39 is 0 Å². The van der Waals surface area contributed by atoms with Gasteiger partial charge in [-0.1, -0.05) is 0 Å². The molecule has 12 heavy (non-hydrogen) atoms. The van der Waals surface area contributed by atoms with Crippen LogP contribution in [-0.4, -0.2) is 23.2 Å². The zero-order chi connectivity index (χ0) is 8.23. The molecule has 2 rings (SSSR count). The average molecular weight is 166 g/mol. The van der Waals surface area contributed by atoms with E-state index in [4.69, 9.17) is 4.74 Å². The highest BCUT2D eigenvalue weighted by molar-refractivity contribution is 4.95. The Hall–Kier alpha value is -0.830. The molecule has 1 N–H and O–H groups in total. The van der Waals surface area contributed by atoms with E-state index in [1.54, 1.807) is 6.33 Å². The number of nitrogens with zero attached hydrogens (tertiary/aromatic N) is 1. The topological polar surface area (TPSA) is 37.9 Å². The van der Waals surface area contributed by atoms with Gasteiger partial charge in [-0.3, -0.25) is 0 Å². The van der Waals surface area contributed by atoms with Crippen molar-refractivity contribution in [1.29, 1.82) is 0 Å². The quantitative estimate of drug-likeness (QED) is 0.720. The highest BCUT2D eigenvalue weighted by atomic mass is 16.5. The molecule has 3 heteroatoms. The molecular formula is C9H14N2O. The van der Waals surface area contributed by atoms with Gasteiger partial charge >= 0.3 is 0 Å². The molecule has 0 bridgehead atoms. The zero-order valence-corrected chi connectivity index (χ0v) is 7.12. The van der Waals surface area contributed by atoms with Gasteiger partial charge in [-0.2, -0.15) is 0 Å². The van der Waals surface area contributed by atoms with Crippen LogP contribution in [0.3, 0.4) is 0 Å². The third kappa shape index (κ3) is 1.85. The first kappa shape index (κ1) is 7.80. The lowest BCUT2D eigenvalue weighted by Crippen LogP contribution is -2.17. The number of aromatic amines is 1. The molecule has 1 saturated heterocycles. The number of nitrogens with one attached hydrogen (secondary N) is 1. The number of hydrogen-bond donors (Lipinski definition) is 1. The normalized spacial score (nSPS) is 19.7. The molecule has 0 saturated carbocycles. The van der Waals surface area contributed by atoms with Gasteiger partial charge in [-0.05, 0) is 25.2 Å². The first-order valence-electron chi connectivity index (χ1n) is 4.50. The summed E-state index contributed by atoms with van der Waals surface area (Å²) < 4.78 is 5.29. The van der Waals surface area contributed by atoms with E-state index in [9.17, 15) is 0 Å². The summed E-state index contributed by atoms with van der Waals surface area (Å²) in [6.45, 7) is 1.86. The smallest absolute Gasteiger partial charge is 0.0921 e. The molecule has 1 aliphatic rings. The molecule has 0 unspecified atom stereocenters. The Balaban J connectivity index is 1.86. The molecule has 3 nitrogen and oxygen atoms in total. The van der Waals surface area contributed by atoms with Crippen LogP contribution in [0.15, 0.2) is 12.5 Å². The summed E-state index contributed by atoms with van der Waals surface area (Å²) in [7, 11) is 0. The number of hydrogen-bond acceptors (Lipinski definition) is 2. The van der Waals surface area contributed by atoms with Crippen molar-refractivity contribution in [1.82, 2.24) is 9.97 Å². The maximum absolute atomic E-state index is 5.29. The molecule has 0 spiro atoms. The van der Waals surface area contributed by atoms with Gasteiger partial charge < -0.3 is 9.72 Å². The van der Waals surface area contributed by atoms with Gasteiger partial charge in [0, 0.05) is 25.1 Å². The minimum Gasteiger partial charge on any atom is -0.381 e. The predicted molar refractivity (Wildman–Crippen MR) is 45.8 cm³/mol. The molecule has 0 aliphatic carbocycles. The van der Waals surface area contributed by atoms with E-state index in [1.807, 2.05) is 6.20 Å². The molecule has 0 radical (unpaired) electrons. The summed E-state index contributed by atoms with van der Waals surface area (Å²) in [4.78, 5) is 7.13. The molecule has 1 aromatic rings. The maximum atomic E-state index is 5.29. The fourth-order valence-electron chi connectivity index (χ4n) is 1.66.